The standard InChI is InChI=1S/C27H27N5O3S/c1-21-20-26(29-22-8-4-2-5-9-22)30-27(28-21)31-16-18-32(19-17-31)36(33,34)25-14-12-24(13-15-25)35-23-10-6-3-7-11-23/h2-15,20H,16-19H2,1H3,(H,28,29,30). The summed E-state index contributed by atoms with van der Waals surface area (Å²) in [6.07, 6.45) is 0. The Morgan fingerprint density at radius 1 is 0.778 bits per heavy atom. The number of piperazine rings is 1. The van der Waals surface area contributed by atoms with Crippen LogP contribution in [0.5, 0.6) is 11.5 Å². The molecule has 0 bridgehead atoms. The van der Waals surface area contributed by atoms with E-state index in [0.29, 0.717) is 49.4 Å². The third-order valence-electron chi connectivity index (χ3n) is 5.85. The summed E-state index contributed by atoms with van der Waals surface area (Å²) in [6, 6.07) is 27.6. The predicted octanol–water partition coefficient (Wildman–Crippen LogP) is 4.83. The molecule has 4 aromatic rings. The molecular weight excluding hydrogens is 474 g/mol. The van der Waals surface area contributed by atoms with Gasteiger partial charge in [-0.25, -0.2) is 13.4 Å². The van der Waals surface area contributed by atoms with Crippen molar-refractivity contribution in [1.82, 2.24) is 14.3 Å². The van der Waals surface area contributed by atoms with Crippen molar-refractivity contribution in [1.29, 1.82) is 0 Å². The summed E-state index contributed by atoms with van der Waals surface area (Å²) in [5.41, 5.74) is 1.78. The van der Waals surface area contributed by atoms with Crippen LogP contribution in [0.25, 0.3) is 0 Å². The van der Waals surface area contributed by atoms with Gasteiger partial charge in [-0.3, -0.25) is 0 Å². The molecule has 1 aliphatic rings. The van der Waals surface area contributed by atoms with Crippen molar-refractivity contribution in [3.05, 3.63) is 96.7 Å². The van der Waals surface area contributed by atoms with E-state index in [9.17, 15) is 8.42 Å². The van der Waals surface area contributed by atoms with E-state index in [0.717, 1.165) is 11.4 Å². The van der Waals surface area contributed by atoms with Gasteiger partial charge in [-0.05, 0) is 55.5 Å². The van der Waals surface area contributed by atoms with Gasteiger partial charge in [-0.1, -0.05) is 36.4 Å². The van der Waals surface area contributed by atoms with Gasteiger partial charge in [0.25, 0.3) is 0 Å². The Labute approximate surface area is 211 Å². The first-order valence-electron chi connectivity index (χ1n) is 11.7. The zero-order valence-electron chi connectivity index (χ0n) is 19.9. The number of nitrogens with zero attached hydrogens (tertiary/aromatic N) is 4. The summed E-state index contributed by atoms with van der Waals surface area (Å²) in [5, 5.41) is 3.30. The van der Waals surface area contributed by atoms with Crippen LogP contribution in [0.3, 0.4) is 0 Å². The van der Waals surface area contributed by atoms with Crippen LogP contribution in [0.4, 0.5) is 17.5 Å². The lowest BCUT2D eigenvalue weighted by Crippen LogP contribution is -2.49. The third-order valence-corrected chi connectivity index (χ3v) is 7.76. The molecule has 0 radical (unpaired) electrons. The molecule has 1 aliphatic heterocycles. The van der Waals surface area contributed by atoms with Gasteiger partial charge in [0.05, 0.1) is 4.90 Å². The minimum Gasteiger partial charge on any atom is -0.457 e. The molecule has 8 nitrogen and oxygen atoms in total. The summed E-state index contributed by atoms with van der Waals surface area (Å²) in [7, 11) is -3.62. The maximum atomic E-state index is 13.2. The van der Waals surface area contributed by atoms with Gasteiger partial charge in [0.15, 0.2) is 0 Å². The number of aryl methyl sites for hydroxylation is 1. The Morgan fingerprint density at radius 2 is 1.39 bits per heavy atom. The van der Waals surface area contributed by atoms with Gasteiger partial charge in [0, 0.05) is 43.6 Å². The Kier molecular flexibility index (Phi) is 6.84. The van der Waals surface area contributed by atoms with Gasteiger partial charge in [0.2, 0.25) is 16.0 Å². The molecule has 2 heterocycles. The topological polar surface area (TPSA) is 87.7 Å². The number of sulfonamides is 1. The van der Waals surface area contributed by atoms with Gasteiger partial charge in [-0.2, -0.15) is 9.29 Å². The molecular formula is C27H27N5O3S. The Balaban J connectivity index is 1.24. The monoisotopic (exact) mass is 501 g/mol. The molecule has 36 heavy (non-hydrogen) atoms. The highest BCUT2D eigenvalue weighted by molar-refractivity contribution is 7.89. The van der Waals surface area contributed by atoms with Gasteiger partial charge in [0.1, 0.15) is 17.3 Å². The van der Waals surface area contributed by atoms with E-state index in [4.69, 9.17) is 4.74 Å². The fraction of sp³-hybridized carbons (Fsp3) is 0.185. The van der Waals surface area contributed by atoms with E-state index in [1.807, 2.05) is 78.6 Å². The molecule has 0 saturated carbocycles. The van der Waals surface area contributed by atoms with E-state index in [-0.39, 0.29) is 4.90 Å². The number of nitrogens with one attached hydrogen (secondary N) is 1. The Morgan fingerprint density at radius 3 is 2.06 bits per heavy atom. The lowest BCUT2D eigenvalue weighted by Gasteiger charge is -2.34. The molecule has 5 rings (SSSR count). The normalized spacial score (nSPS) is 14.4. The maximum absolute atomic E-state index is 13.2. The summed E-state index contributed by atoms with van der Waals surface area (Å²) in [4.78, 5) is 11.5. The van der Waals surface area contributed by atoms with Gasteiger partial charge >= 0.3 is 0 Å². The van der Waals surface area contributed by atoms with Crippen LogP contribution in [0.15, 0.2) is 95.9 Å². The van der Waals surface area contributed by atoms with Crippen LogP contribution < -0.4 is 15.0 Å². The maximum Gasteiger partial charge on any atom is 0.243 e. The fourth-order valence-electron chi connectivity index (χ4n) is 4.01. The first-order chi connectivity index (χ1) is 17.5. The second kappa shape index (κ2) is 10.3. The minimum absolute atomic E-state index is 0.248. The lowest BCUT2D eigenvalue weighted by atomic mass is 10.3. The van der Waals surface area contributed by atoms with Crippen LogP contribution in [0.2, 0.25) is 0 Å². The highest BCUT2D eigenvalue weighted by Crippen LogP contribution is 2.25. The molecule has 0 spiro atoms. The molecule has 0 amide bonds. The van der Waals surface area contributed by atoms with Crippen molar-refractivity contribution in [3.8, 4) is 11.5 Å². The molecule has 1 aromatic heterocycles. The highest BCUT2D eigenvalue weighted by atomic mass is 32.2. The summed E-state index contributed by atoms with van der Waals surface area (Å²) in [5.74, 6) is 2.58. The first-order valence-corrected chi connectivity index (χ1v) is 13.2. The molecule has 1 N–H and O–H groups in total. The Hall–Kier alpha value is -3.95. The zero-order valence-corrected chi connectivity index (χ0v) is 20.7. The number of benzene rings is 3. The van der Waals surface area contributed by atoms with E-state index in [1.54, 1.807) is 24.3 Å². The molecule has 3 aromatic carbocycles. The molecule has 1 fully saturated rings. The number of aromatic nitrogens is 2. The molecule has 0 unspecified atom stereocenters. The third kappa shape index (κ3) is 5.48. The largest absolute Gasteiger partial charge is 0.457 e. The first kappa shape index (κ1) is 23.8. The van der Waals surface area contributed by atoms with E-state index in [2.05, 4.69) is 15.3 Å². The van der Waals surface area contributed by atoms with Crippen LogP contribution in [0, 0.1) is 6.92 Å². The molecule has 184 valence electrons. The van der Waals surface area contributed by atoms with Gasteiger partial charge in [-0.15, -0.1) is 0 Å². The second-order valence-corrected chi connectivity index (χ2v) is 10.4. The number of ether oxygens (including phenoxy) is 1. The average molecular weight is 502 g/mol. The molecule has 0 aliphatic carbocycles. The average Bonchev–Trinajstić information content (AvgIpc) is 2.90. The second-order valence-electron chi connectivity index (χ2n) is 8.46. The van der Waals surface area contributed by atoms with E-state index in [1.165, 1.54) is 4.31 Å². The van der Waals surface area contributed by atoms with Crippen molar-refractivity contribution in [2.75, 3.05) is 36.4 Å². The smallest absolute Gasteiger partial charge is 0.243 e. The lowest BCUT2D eigenvalue weighted by molar-refractivity contribution is 0.382. The van der Waals surface area contributed by atoms with Crippen LogP contribution in [0.1, 0.15) is 5.69 Å². The SMILES string of the molecule is Cc1cc(Nc2ccccc2)nc(N2CCN(S(=O)(=O)c3ccc(Oc4ccccc4)cc3)CC2)n1. The van der Waals surface area contributed by atoms with E-state index >= 15 is 0 Å². The van der Waals surface area contributed by atoms with Crippen molar-refractivity contribution < 1.29 is 13.2 Å². The highest BCUT2D eigenvalue weighted by Gasteiger charge is 2.29. The van der Waals surface area contributed by atoms with Crippen LogP contribution in [-0.4, -0.2) is 48.9 Å². The van der Waals surface area contributed by atoms with Crippen molar-refractivity contribution in [3.63, 3.8) is 0 Å². The number of hydrogen-bond donors (Lipinski definition) is 1. The van der Waals surface area contributed by atoms with Gasteiger partial charge < -0.3 is 15.0 Å². The summed E-state index contributed by atoms with van der Waals surface area (Å²) in [6.45, 7) is 3.63. The van der Waals surface area contributed by atoms with Crippen molar-refractivity contribution >= 4 is 27.5 Å². The fourth-order valence-corrected chi connectivity index (χ4v) is 5.43. The van der Waals surface area contributed by atoms with Crippen LogP contribution >= 0.6 is 0 Å². The number of hydrogen-bond acceptors (Lipinski definition) is 7. The molecule has 9 heteroatoms. The number of anilines is 3. The Bertz CT molecular complexity index is 1410. The van der Waals surface area contributed by atoms with E-state index < -0.39 is 10.0 Å². The van der Waals surface area contributed by atoms with Crippen molar-refractivity contribution in [2.24, 2.45) is 0 Å². The number of rotatable bonds is 7. The summed E-state index contributed by atoms with van der Waals surface area (Å²) >= 11 is 0. The predicted molar refractivity (Wildman–Crippen MR) is 140 cm³/mol. The summed E-state index contributed by atoms with van der Waals surface area (Å²) < 4.78 is 33.8. The molecule has 1 saturated heterocycles. The quantitative estimate of drug-likeness (QED) is 0.388. The molecule has 0 atom stereocenters. The number of para-hydroxylation sites is 2. The minimum atomic E-state index is -3.62. The van der Waals surface area contributed by atoms with Crippen LogP contribution in [-0.2, 0) is 10.0 Å². The van der Waals surface area contributed by atoms with Crippen molar-refractivity contribution in [2.45, 2.75) is 11.8 Å². The zero-order chi connectivity index (χ0) is 25.0.